The summed E-state index contributed by atoms with van der Waals surface area (Å²) in [5.41, 5.74) is 1.06. The number of amides is 1. The van der Waals surface area contributed by atoms with Crippen LogP contribution < -0.4 is 5.32 Å². The zero-order chi connectivity index (χ0) is 13.4. The molecule has 0 aliphatic rings. The minimum atomic E-state index is -2.47. The van der Waals surface area contributed by atoms with Gasteiger partial charge in [0.25, 0.3) is 5.78 Å². The predicted molar refractivity (Wildman–Crippen MR) is 68.5 cm³/mol. The number of hydrogen-bond acceptors (Lipinski definition) is 3. The van der Waals surface area contributed by atoms with Crippen molar-refractivity contribution in [2.45, 2.75) is 25.5 Å². The predicted octanol–water partition coefficient (Wildman–Crippen LogP) is 2.43. The highest BCUT2D eigenvalue weighted by atomic mass is 31.1. The van der Waals surface area contributed by atoms with Gasteiger partial charge < -0.3 is 4.74 Å². The van der Waals surface area contributed by atoms with E-state index in [0.29, 0.717) is 12.8 Å². The number of aryl methyl sites for hydroxylation is 1. The van der Waals surface area contributed by atoms with Gasteiger partial charge in [0.2, 0.25) is 0 Å². The van der Waals surface area contributed by atoms with E-state index in [1.165, 1.54) is 0 Å². The third kappa shape index (κ3) is 5.25. The van der Waals surface area contributed by atoms with Crippen LogP contribution in [0.15, 0.2) is 30.3 Å². The quantitative estimate of drug-likeness (QED) is 0.778. The third-order valence-corrected chi connectivity index (χ3v) is 3.30. The minimum Gasteiger partial charge on any atom is -0.450 e. The zero-order valence-corrected chi connectivity index (χ0v) is 11.1. The fourth-order valence-corrected chi connectivity index (χ4v) is 2.06. The Labute approximate surface area is 107 Å². The molecule has 1 aromatic carbocycles. The van der Waals surface area contributed by atoms with E-state index in [4.69, 9.17) is 4.89 Å². The van der Waals surface area contributed by atoms with Crippen LogP contribution in [0, 0.1) is 0 Å². The maximum absolute atomic E-state index is 11.2. The molecule has 1 amide bonds. The first-order valence-electron chi connectivity index (χ1n) is 5.76. The van der Waals surface area contributed by atoms with Crippen LogP contribution in [0.3, 0.4) is 0 Å². The highest BCUT2D eigenvalue weighted by molar-refractivity contribution is 7.38. The van der Waals surface area contributed by atoms with Gasteiger partial charge in [-0.15, -0.1) is 0 Å². The molecule has 0 aromatic heterocycles. The molecular formula is C12H17NO4P+. The number of nitrogens with one attached hydrogen (secondary N) is 1. The summed E-state index contributed by atoms with van der Waals surface area (Å²) in [5, 5.41) is 2.39. The highest BCUT2D eigenvalue weighted by Crippen LogP contribution is 2.24. The van der Waals surface area contributed by atoms with Crippen molar-refractivity contribution in [3.8, 4) is 0 Å². The Morgan fingerprint density at radius 1 is 1.44 bits per heavy atom. The Balaban J connectivity index is 2.48. The number of carbonyl (C=O) groups is 1. The van der Waals surface area contributed by atoms with Crippen LogP contribution in [0.25, 0.3) is 0 Å². The number of hydrogen-bond donors (Lipinski definition) is 2. The van der Waals surface area contributed by atoms with Crippen LogP contribution in [-0.4, -0.2) is 23.4 Å². The summed E-state index contributed by atoms with van der Waals surface area (Å²) < 4.78 is 15.8. The summed E-state index contributed by atoms with van der Waals surface area (Å²) in [6, 6.07) is 9.59. The molecule has 2 atom stereocenters. The van der Waals surface area contributed by atoms with E-state index in [0.717, 1.165) is 5.56 Å². The first-order chi connectivity index (χ1) is 8.63. The topological polar surface area (TPSA) is 75.6 Å². The molecule has 2 N–H and O–H groups in total. The van der Waals surface area contributed by atoms with Crippen molar-refractivity contribution in [1.29, 1.82) is 0 Å². The molecule has 0 heterocycles. The van der Waals surface area contributed by atoms with E-state index >= 15 is 0 Å². The Morgan fingerprint density at radius 3 is 2.67 bits per heavy atom. The Hall–Kier alpha value is -1.45. The molecule has 2 unspecified atom stereocenters. The molecule has 0 saturated carbocycles. The summed E-state index contributed by atoms with van der Waals surface area (Å²) >= 11 is 0. The van der Waals surface area contributed by atoms with Crippen LogP contribution in [0.5, 0.6) is 0 Å². The van der Waals surface area contributed by atoms with E-state index < -0.39 is 19.9 Å². The number of rotatable bonds is 6. The molecule has 0 fully saturated rings. The van der Waals surface area contributed by atoms with E-state index in [2.05, 4.69) is 10.1 Å². The van der Waals surface area contributed by atoms with Crippen LogP contribution in [0.4, 0.5) is 4.79 Å². The van der Waals surface area contributed by atoms with Crippen LogP contribution in [-0.2, 0) is 15.7 Å². The number of benzene rings is 1. The average Bonchev–Trinajstić information content (AvgIpc) is 2.35. The van der Waals surface area contributed by atoms with Gasteiger partial charge in [-0.1, -0.05) is 30.3 Å². The van der Waals surface area contributed by atoms with Gasteiger partial charge in [-0.25, -0.2) is 4.79 Å². The minimum absolute atomic E-state index is 0.236. The molecule has 0 bridgehead atoms. The van der Waals surface area contributed by atoms with Crippen molar-refractivity contribution in [1.82, 2.24) is 5.32 Å². The van der Waals surface area contributed by atoms with Crippen molar-refractivity contribution in [2.75, 3.05) is 6.61 Å². The molecular weight excluding hydrogens is 253 g/mol. The smallest absolute Gasteiger partial charge is 0.450 e. The molecule has 0 aliphatic heterocycles. The van der Waals surface area contributed by atoms with Gasteiger partial charge in [-0.05, 0) is 23.5 Å². The Morgan fingerprint density at radius 2 is 2.11 bits per heavy atom. The molecule has 18 heavy (non-hydrogen) atoms. The number of alkyl carbamates (subject to hydrolysis) is 1. The van der Waals surface area contributed by atoms with E-state index in [9.17, 15) is 9.36 Å². The molecule has 5 nitrogen and oxygen atoms in total. The van der Waals surface area contributed by atoms with Gasteiger partial charge >= 0.3 is 14.1 Å². The van der Waals surface area contributed by atoms with Gasteiger partial charge in [0.15, 0.2) is 0 Å². The third-order valence-electron chi connectivity index (χ3n) is 2.38. The lowest BCUT2D eigenvalue weighted by Crippen LogP contribution is -2.33. The van der Waals surface area contributed by atoms with Crippen molar-refractivity contribution >= 4 is 14.1 Å². The molecule has 0 spiro atoms. The molecule has 0 radical (unpaired) electrons. The van der Waals surface area contributed by atoms with Crippen LogP contribution in [0.2, 0.25) is 0 Å². The van der Waals surface area contributed by atoms with Gasteiger partial charge in [0.1, 0.15) is 0 Å². The van der Waals surface area contributed by atoms with E-state index in [1.807, 2.05) is 30.3 Å². The van der Waals surface area contributed by atoms with Crippen molar-refractivity contribution in [2.24, 2.45) is 0 Å². The van der Waals surface area contributed by atoms with Crippen molar-refractivity contribution < 1.29 is 19.0 Å². The Kier molecular flexibility index (Phi) is 6.33. The maximum atomic E-state index is 11.2. The normalized spacial score (nSPS) is 12.7. The van der Waals surface area contributed by atoms with E-state index in [1.54, 1.807) is 6.92 Å². The first-order valence-corrected chi connectivity index (χ1v) is 7.04. The SMILES string of the molecule is CCOC(=O)NC(CCc1ccccc1)[P+](=O)O. The summed E-state index contributed by atoms with van der Waals surface area (Å²) in [6.07, 6.45) is 0.363. The lowest BCUT2D eigenvalue weighted by molar-refractivity contribution is 0.150. The second-order valence-electron chi connectivity index (χ2n) is 3.71. The second-order valence-corrected chi connectivity index (χ2v) is 4.94. The summed E-state index contributed by atoms with van der Waals surface area (Å²) in [4.78, 5) is 20.3. The van der Waals surface area contributed by atoms with Gasteiger partial charge in [0.05, 0.1) is 6.61 Å². The lowest BCUT2D eigenvalue weighted by atomic mass is 10.1. The number of ether oxygens (including phenoxy) is 1. The van der Waals surface area contributed by atoms with Gasteiger partial charge in [0, 0.05) is 6.42 Å². The monoisotopic (exact) mass is 270 g/mol. The van der Waals surface area contributed by atoms with Crippen molar-refractivity contribution in [3.63, 3.8) is 0 Å². The first kappa shape index (κ1) is 14.6. The highest BCUT2D eigenvalue weighted by Gasteiger charge is 2.30. The second kappa shape index (κ2) is 7.80. The van der Waals surface area contributed by atoms with Crippen LogP contribution >= 0.6 is 8.03 Å². The summed E-state index contributed by atoms with van der Waals surface area (Å²) in [7, 11) is -2.47. The largest absolute Gasteiger partial charge is 0.530 e. The number of carbonyl (C=O) groups excluding carboxylic acids is 1. The molecule has 1 rings (SSSR count). The van der Waals surface area contributed by atoms with Gasteiger partial charge in [-0.2, -0.15) is 4.89 Å². The summed E-state index contributed by atoms with van der Waals surface area (Å²) in [5.74, 6) is -0.778. The Bertz CT molecular complexity index is 396. The van der Waals surface area contributed by atoms with Crippen molar-refractivity contribution in [3.05, 3.63) is 35.9 Å². The van der Waals surface area contributed by atoms with Crippen LogP contribution in [0.1, 0.15) is 18.9 Å². The van der Waals surface area contributed by atoms with Gasteiger partial charge in [-0.3, -0.25) is 5.32 Å². The average molecular weight is 270 g/mol. The molecule has 98 valence electrons. The molecule has 0 saturated heterocycles. The maximum Gasteiger partial charge on any atom is 0.530 e. The fraction of sp³-hybridized carbons (Fsp3) is 0.417. The zero-order valence-electron chi connectivity index (χ0n) is 10.2. The molecule has 6 heteroatoms. The molecule has 0 aliphatic carbocycles. The lowest BCUT2D eigenvalue weighted by Gasteiger charge is -2.08. The summed E-state index contributed by atoms with van der Waals surface area (Å²) in [6.45, 7) is 1.91. The molecule has 1 aromatic rings. The fourth-order valence-electron chi connectivity index (χ4n) is 1.49. The van der Waals surface area contributed by atoms with E-state index in [-0.39, 0.29) is 6.61 Å². The standard InChI is InChI=1S/C12H16NO4P/c1-2-17-12(14)13-11(18(15)16)9-8-10-6-4-3-5-7-10/h3-7,11H,2,8-9H2,1H3,(H-,13,14,15,16)/p+1.